The monoisotopic (exact) mass is 364 g/mol. The molecule has 0 aromatic heterocycles. The zero-order valence-corrected chi connectivity index (χ0v) is 16.3. The van der Waals surface area contributed by atoms with Crippen LogP contribution in [0.2, 0.25) is 0 Å². The van der Waals surface area contributed by atoms with Crippen LogP contribution >= 0.6 is 0 Å². The van der Waals surface area contributed by atoms with Crippen LogP contribution in [0.15, 0.2) is 58.8 Å². The van der Waals surface area contributed by atoms with E-state index >= 15 is 0 Å². The Bertz CT molecular complexity index is 700. The molecule has 1 aliphatic rings. The molecule has 1 N–H and O–H groups in total. The molecule has 3 rings (SSSR count). The average molecular weight is 365 g/mol. The number of aromatic hydroxyl groups is 1. The fourth-order valence-electron chi connectivity index (χ4n) is 3.99. The minimum absolute atomic E-state index is 0.195. The Hall–Kier alpha value is -2.16. The van der Waals surface area contributed by atoms with Gasteiger partial charge in [0, 0.05) is 0 Å². The molecular formula is C24H32N2O. The maximum Gasteiger partial charge on any atom is 0.143 e. The van der Waals surface area contributed by atoms with E-state index in [1.807, 2.05) is 42.5 Å². The SMILES string of the molecule is Oc1ccc(CC2CCCCCCCCCC2)cc1N=Nc1ccccc1. The van der Waals surface area contributed by atoms with Gasteiger partial charge in [0.1, 0.15) is 11.4 Å². The van der Waals surface area contributed by atoms with Crippen molar-refractivity contribution in [2.45, 2.75) is 70.6 Å². The minimum Gasteiger partial charge on any atom is -0.506 e. The summed E-state index contributed by atoms with van der Waals surface area (Å²) in [6.07, 6.45) is 14.8. The van der Waals surface area contributed by atoms with E-state index in [9.17, 15) is 5.11 Å². The summed E-state index contributed by atoms with van der Waals surface area (Å²) in [7, 11) is 0. The van der Waals surface area contributed by atoms with Crippen LogP contribution in [0, 0.1) is 5.92 Å². The molecule has 2 aromatic rings. The van der Waals surface area contributed by atoms with Crippen molar-refractivity contribution in [3.05, 3.63) is 54.1 Å². The first-order chi connectivity index (χ1) is 13.3. The van der Waals surface area contributed by atoms with E-state index < -0.39 is 0 Å². The first-order valence-electron chi connectivity index (χ1n) is 10.6. The van der Waals surface area contributed by atoms with Crippen molar-refractivity contribution < 1.29 is 5.11 Å². The summed E-state index contributed by atoms with van der Waals surface area (Å²) in [5.41, 5.74) is 2.62. The lowest BCUT2D eigenvalue weighted by molar-refractivity contribution is 0.411. The van der Waals surface area contributed by atoms with Crippen LogP contribution in [0.4, 0.5) is 11.4 Å². The van der Waals surface area contributed by atoms with Gasteiger partial charge in [0.15, 0.2) is 0 Å². The van der Waals surface area contributed by atoms with Crippen molar-refractivity contribution in [1.29, 1.82) is 0 Å². The predicted molar refractivity (Wildman–Crippen MR) is 112 cm³/mol. The minimum atomic E-state index is 0.195. The smallest absolute Gasteiger partial charge is 0.143 e. The fourth-order valence-corrected chi connectivity index (χ4v) is 3.99. The average Bonchev–Trinajstić information content (AvgIpc) is 2.75. The third-order valence-electron chi connectivity index (χ3n) is 5.57. The summed E-state index contributed by atoms with van der Waals surface area (Å²) < 4.78 is 0. The number of phenols is 1. The van der Waals surface area contributed by atoms with Gasteiger partial charge in [0.25, 0.3) is 0 Å². The second kappa shape index (κ2) is 10.9. The second-order valence-electron chi connectivity index (χ2n) is 7.83. The van der Waals surface area contributed by atoms with Crippen LogP contribution < -0.4 is 0 Å². The van der Waals surface area contributed by atoms with Crippen LogP contribution in [0.25, 0.3) is 0 Å². The zero-order chi connectivity index (χ0) is 18.7. The van der Waals surface area contributed by atoms with Gasteiger partial charge in [-0.2, -0.15) is 5.11 Å². The zero-order valence-electron chi connectivity index (χ0n) is 16.3. The highest BCUT2D eigenvalue weighted by molar-refractivity contribution is 5.53. The molecule has 0 atom stereocenters. The lowest BCUT2D eigenvalue weighted by Crippen LogP contribution is -2.05. The summed E-state index contributed by atoms with van der Waals surface area (Å²) in [6, 6.07) is 15.5. The molecule has 3 nitrogen and oxygen atoms in total. The van der Waals surface area contributed by atoms with Crippen LogP contribution in [0.3, 0.4) is 0 Å². The van der Waals surface area contributed by atoms with Crippen LogP contribution in [-0.2, 0) is 6.42 Å². The normalized spacial score (nSPS) is 17.6. The van der Waals surface area contributed by atoms with Crippen LogP contribution in [-0.4, -0.2) is 5.11 Å². The molecule has 0 saturated heterocycles. The molecule has 0 amide bonds. The molecule has 2 aromatic carbocycles. The van der Waals surface area contributed by atoms with E-state index in [2.05, 4.69) is 10.2 Å². The van der Waals surface area contributed by atoms with Gasteiger partial charge in [0.2, 0.25) is 0 Å². The van der Waals surface area contributed by atoms with E-state index in [-0.39, 0.29) is 5.75 Å². The number of rotatable bonds is 4. The summed E-state index contributed by atoms with van der Waals surface area (Å²) in [4.78, 5) is 0. The molecule has 3 heteroatoms. The summed E-state index contributed by atoms with van der Waals surface area (Å²) in [5, 5.41) is 18.7. The molecule has 27 heavy (non-hydrogen) atoms. The van der Waals surface area contributed by atoms with E-state index in [4.69, 9.17) is 0 Å². The second-order valence-corrected chi connectivity index (χ2v) is 7.83. The lowest BCUT2D eigenvalue weighted by Gasteiger charge is -2.17. The van der Waals surface area contributed by atoms with Crippen molar-refractivity contribution in [3.63, 3.8) is 0 Å². The Morgan fingerprint density at radius 3 is 2.04 bits per heavy atom. The maximum atomic E-state index is 10.1. The molecule has 1 saturated carbocycles. The molecule has 0 spiro atoms. The highest BCUT2D eigenvalue weighted by Gasteiger charge is 2.12. The third kappa shape index (κ3) is 6.82. The molecule has 0 unspecified atom stereocenters. The third-order valence-corrected chi connectivity index (χ3v) is 5.57. The van der Waals surface area contributed by atoms with Gasteiger partial charge in [-0.1, -0.05) is 88.5 Å². The molecule has 0 radical (unpaired) electrons. The van der Waals surface area contributed by atoms with Crippen molar-refractivity contribution in [2.24, 2.45) is 16.1 Å². The first kappa shape index (κ1) is 19.6. The Labute approximate surface area is 163 Å². The quantitative estimate of drug-likeness (QED) is 0.551. The highest BCUT2D eigenvalue weighted by Crippen LogP contribution is 2.31. The van der Waals surface area contributed by atoms with Crippen LogP contribution in [0.5, 0.6) is 5.75 Å². The van der Waals surface area contributed by atoms with Crippen molar-refractivity contribution in [2.75, 3.05) is 0 Å². The number of hydrogen-bond donors (Lipinski definition) is 1. The van der Waals surface area contributed by atoms with Crippen molar-refractivity contribution in [3.8, 4) is 5.75 Å². The number of nitrogens with zero attached hydrogens (tertiary/aromatic N) is 2. The maximum absolute atomic E-state index is 10.1. The largest absolute Gasteiger partial charge is 0.506 e. The Kier molecular flexibility index (Phi) is 7.88. The van der Waals surface area contributed by atoms with Gasteiger partial charge < -0.3 is 5.11 Å². The van der Waals surface area contributed by atoms with E-state index in [1.54, 1.807) is 6.07 Å². The Morgan fingerprint density at radius 2 is 1.37 bits per heavy atom. The molecule has 0 bridgehead atoms. The molecule has 1 aliphatic carbocycles. The number of hydrogen-bond acceptors (Lipinski definition) is 3. The molecule has 1 fully saturated rings. The Balaban J connectivity index is 1.65. The van der Waals surface area contributed by atoms with Gasteiger partial charge in [-0.15, -0.1) is 5.11 Å². The topological polar surface area (TPSA) is 45.0 Å². The summed E-state index contributed by atoms with van der Waals surface area (Å²) in [5.74, 6) is 0.937. The van der Waals surface area contributed by atoms with E-state index in [0.717, 1.165) is 18.0 Å². The standard InChI is InChI=1S/C24H32N2O/c27-24-17-16-21(19-23(24)26-25-22-14-10-7-11-15-22)18-20-12-8-5-3-1-2-4-6-9-13-20/h7,10-11,14-17,19-20,27H,1-6,8-9,12-13,18H2. The first-order valence-corrected chi connectivity index (χ1v) is 10.6. The van der Waals surface area contributed by atoms with Gasteiger partial charge in [0.05, 0.1) is 5.69 Å². The van der Waals surface area contributed by atoms with Crippen molar-refractivity contribution >= 4 is 11.4 Å². The lowest BCUT2D eigenvalue weighted by atomic mass is 9.89. The number of azo groups is 1. The van der Waals surface area contributed by atoms with E-state index in [1.165, 1.54) is 69.8 Å². The Morgan fingerprint density at radius 1 is 0.741 bits per heavy atom. The van der Waals surface area contributed by atoms with Gasteiger partial charge >= 0.3 is 0 Å². The van der Waals surface area contributed by atoms with Gasteiger partial charge in [-0.05, 0) is 42.2 Å². The summed E-state index contributed by atoms with van der Waals surface area (Å²) in [6.45, 7) is 0. The fraction of sp³-hybridized carbons (Fsp3) is 0.500. The molecular weight excluding hydrogens is 332 g/mol. The van der Waals surface area contributed by atoms with E-state index in [0.29, 0.717) is 5.69 Å². The van der Waals surface area contributed by atoms with Gasteiger partial charge in [-0.25, -0.2) is 0 Å². The van der Waals surface area contributed by atoms with Crippen molar-refractivity contribution in [1.82, 2.24) is 0 Å². The van der Waals surface area contributed by atoms with Gasteiger partial charge in [-0.3, -0.25) is 0 Å². The molecule has 0 aliphatic heterocycles. The molecule has 0 heterocycles. The predicted octanol–water partition coefficient (Wildman–Crippen LogP) is 7.88. The summed E-state index contributed by atoms with van der Waals surface area (Å²) >= 11 is 0. The van der Waals surface area contributed by atoms with Crippen LogP contribution in [0.1, 0.15) is 69.8 Å². The number of phenolic OH excluding ortho intramolecular Hbond substituents is 1. The highest BCUT2D eigenvalue weighted by atomic mass is 16.3. The molecule has 144 valence electrons. The number of benzene rings is 2.